The van der Waals surface area contributed by atoms with Crippen LogP contribution in [0.1, 0.15) is 12.3 Å². The van der Waals surface area contributed by atoms with Gasteiger partial charge in [-0.2, -0.15) is 4.98 Å². The van der Waals surface area contributed by atoms with Crippen molar-refractivity contribution < 1.29 is 9.21 Å². The highest BCUT2D eigenvalue weighted by Crippen LogP contribution is 2.24. The zero-order valence-electron chi connectivity index (χ0n) is 10.0. The van der Waals surface area contributed by atoms with Gasteiger partial charge in [-0.05, 0) is 24.6 Å². The van der Waals surface area contributed by atoms with Crippen molar-refractivity contribution in [2.45, 2.75) is 6.42 Å². The van der Waals surface area contributed by atoms with Crippen molar-refractivity contribution in [3.8, 4) is 0 Å². The first-order valence-corrected chi connectivity index (χ1v) is 5.86. The van der Waals surface area contributed by atoms with Gasteiger partial charge in [-0.15, -0.1) is 0 Å². The molecule has 1 aliphatic rings. The monoisotopic (exact) mass is 253 g/mol. The molecule has 1 amide bonds. The van der Waals surface area contributed by atoms with Gasteiger partial charge in [0.05, 0.1) is 0 Å². The summed E-state index contributed by atoms with van der Waals surface area (Å²) in [6, 6.07) is 3.64. The highest BCUT2D eigenvalue weighted by Gasteiger charge is 2.11. The van der Waals surface area contributed by atoms with Gasteiger partial charge in [0.25, 0.3) is 0 Å². The first kappa shape index (κ1) is 11.4. The molecular formula is C14H11N3O2. The van der Waals surface area contributed by atoms with E-state index in [0.29, 0.717) is 30.0 Å². The molecule has 0 spiro atoms. The first-order chi connectivity index (χ1) is 9.36. The van der Waals surface area contributed by atoms with Gasteiger partial charge in [-0.1, -0.05) is 18.2 Å². The lowest BCUT2D eigenvalue weighted by Crippen LogP contribution is -2.07. The van der Waals surface area contributed by atoms with E-state index in [1.165, 1.54) is 0 Å². The number of carbonyl (C=O) groups excluding carboxylic acids is 1. The van der Waals surface area contributed by atoms with Crippen LogP contribution < -0.4 is 5.32 Å². The molecule has 0 unspecified atom stereocenters. The maximum atomic E-state index is 10.4. The number of oxazole rings is 1. The molecule has 1 aliphatic carbocycles. The van der Waals surface area contributed by atoms with Crippen LogP contribution in [-0.4, -0.2) is 16.4 Å². The van der Waals surface area contributed by atoms with Crippen LogP contribution in [0.2, 0.25) is 0 Å². The third-order valence-electron chi connectivity index (χ3n) is 2.78. The Morgan fingerprint density at radius 2 is 2.37 bits per heavy atom. The normalized spacial score (nSPS) is 14.7. The van der Waals surface area contributed by atoms with Crippen molar-refractivity contribution in [3.63, 3.8) is 0 Å². The highest BCUT2D eigenvalue weighted by atomic mass is 16.3. The SMILES string of the molecule is O=CNC1=CCC(c2nc3ncccc3o2)=CC=C1. The van der Waals surface area contributed by atoms with Crippen LogP contribution in [-0.2, 0) is 4.79 Å². The molecule has 5 nitrogen and oxygen atoms in total. The van der Waals surface area contributed by atoms with Crippen LogP contribution in [0.4, 0.5) is 0 Å². The second-order valence-corrected chi connectivity index (χ2v) is 4.02. The third-order valence-corrected chi connectivity index (χ3v) is 2.78. The Morgan fingerprint density at radius 3 is 3.21 bits per heavy atom. The zero-order valence-corrected chi connectivity index (χ0v) is 10.0. The van der Waals surface area contributed by atoms with Gasteiger partial charge in [-0.25, -0.2) is 4.98 Å². The van der Waals surface area contributed by atoms with Gasteiger partial charge in [-0.3, -0.25) is 4.79 Å². The van der Waals surface area contributed by atoms with Crippen LogP contribution in [0.3, 0.4) is 0 Å². The van der Waals surface area contributed by atoms with E-state index in [4.69, 9.17) is 4.42 Å². The predicted octanol–water partition coefficient (Wildman–Crippen LogP) is 2.20. The summed E-state index contributed by atoms with van der Waals surface area (Å²) in [5.74, 6) is 0.557. The Morgan fingerprint density at radius 1 is 1.42 bits per heavy atom. The molecule has 0 aliphatic heterocycles. The van der Waals surface area contributed by atoms with Crippen LogP contribution >= 0.6 is 0 Å². The molecule has 0 atom stereocenters. The number of carbonyl (C=O) groups is 1. The second-order valence-electron chi connectivity index (χ2n) is 4.02. The zero-order chi connectivity index (χ0) is 13.1. The highest BCUT2D eigenvalue weighted by molar-refractivity contribution is 5.73. The molecule has 0 saturated heterocycles. The average Bonchev–Trinajstić information content (AvgIpc) is 2.72. The molecule has 0 fully saturated rings. The first-order valence-electron chi connectivity index (χ1n) is 5.86. The van der Waals surface area contributed by atoms with Gasteiger partial charge in [0.1, 0.15) is 0 Å². The van der Waals surface area contributed by atoms with E-state index in [1.807, 2.05) is 36.4 Å². The van der Waals surface area contributed by atoms with Crippen molar-refractivity contribution in [3.05, 3.63) is 54.2 Å². The van der Waals surface area contributed by atoms with Crippen LogP contribution in [0.15, 0.2) is 52.7 Å². The lowest BCUT2D eigenvalue weighted by atomic mass is 10.2. The van der Waals surface area contributed by atoms with Gasteiger partial charge in [0.2, 0.25) is 12.3 Å². The summed E-state index contributed by atoms with van der Waals surface area (Å²) >= 11 is 0. The smallest absolute Gasteiger partial charge is 0.225 e. The molecule has 0 radical (unpaired) electrons. The molecule has 3 rings (SSSR count). The topological polar surface area (TPSA) is 68.0 Å². The second kappa shape index (κ2) is 4.89. The lowest BCUT2D eigenvalue weighted by Gasteiger charge is -1.98. The van der Waals surface area contributed by atoms with E-state index in [9.17, 15) is 4.79 Å². The minimum absolute atomic E-state index is 0.557. The number of rotatable bonds is 3. The maximum Gasteiger partial charge on any atom is 0.225 e. The van der Waals surface area contributed by atoms with Crippen molar-refractivity contribution >= 4 is 23.2 Å². The van der Waals surface area contributed by atoms with Gasteiger partial charge < -0.3 is 9.73 Å². The molecule has 2 aromatic heterocycles. The molecule has 0 saturated carbocycles. The molecule has 19 heavy (non-hydrogen) atoms. The minimum atomic E-state index is 0.557. The van der Waals surface area contributed by atoms with Crippen molar-refractivity contribution in [1.29, 1.82) is 0 Å². The van der Waals surface area contributed by atoms with Crippen LogP contribution in [0.5, 0.6) is 0 Å². The standard InChI is InChI=1S/C14H11N3O2/c18-9-16-11-4-1-3-10(6-7-11)14-17-13-12(19-14)5-2-8-15-13/h1-5,7-9H,6H2,(H,16,18). The molecule has 2 aromatic rings. The molecule has 1 N–H and O–H groups in total. The van der Waals surface area contributed by atoms with E-state index < -0.39 is 0 Å². The van der Waals surface area contributed by atoms with Crippen LogP contribution in [0.25, 0.3) is 16.8 Å². The summed E-state index contributed by atoms with van der Waals surface area (Å²) in [5.41, 5.74) is 2.97. The van der Waals surface area contributed by atoms with Gasteiger partial charge in [0.15, 0.2) is 11.2 Å². The molecule has 2 heterocycles. The third kappa shape index (κ3) is 2.30. The molecular weight excluding hydrogens is 242 g/mol. The molecule has 5 heteroatoms. The van der Waals surface area contributed by atoms with Crippen molar-refractivity contribution in [2.75, 3.05) is 0 Å². The van der Waals surface area contributed by atoms with Gasteiger partial charge in [0, 0.05) is 17.5 Å². The average molecular weight is 253 g/mol. The Balaban J connectivity index is 1.92. The largest absolute Gasteiger partial charge is 0.435 e. The van der Waals surface area contributed by atoms with E-state index >= 15 is 0 Å². The van der Waals surface area contributed by atoms with Crippen molar-refractivity contribution in [2.24, 2.45) is 0 Å². The summed E-state index contributed by atoms with van der Waals surface area (Å²) in [6.07, 6.45) is 10.5. The van der Waals surface area contributed by atoms with Crippen LogP contribution in [0, 0.1) is 0 Å². The fourth-order valence-corrected chi connectivity index (χ4v) is 1.86. The predicted molar refractivity (Wildman–Crippen MR) is 70.8 cm³/mol. The summed E-state index contributed by atoms with van der Waals surface area (Å²) in [4.78, 5) is 18.9. The number of nitrogens with zero attached hydrogens (tertiary/aromatic N) is 2. The summed E-state index contributed by atoms with van der Waals surface area (Å²) < 4.78 is 5.66. The molecule has 0 aromatic carbocycles. The Kier molecular flexibility index (Phi) is 2.94. The maximum absolute atomic E-state index is 10.4. The van der Waals surface area contributed by atoms with E-state index in [1.54, 1.807) is 6.20 Å². The molecule has 94 valence electrons. The van der Waals surface area contributed by atoms with E-state index in [2.05, 4.69) is 15.3 Å². The summed E-state index contributed by atoms with van der Waals surface area (Å²) in [7, 11) is 0. The van der Waals surface area contributed by atoms with Gasteiger partial charge >= 0.3 is 0 Å². The van der Waals surface area contributed by atoms with Crippen molar-refractivity contribution in [1.82, 2.24) is 15.3 Å². The number of amides is 1. The number of nitrogens with one attached hydrogen (secondary N) is 1. The van der Waals surface area contributed by atoms with E-state index in [0.717, 1.165) is 11.3 Å². The fourth-order valence-electron chi connectivity index (χ4n) is 1.86. The summed E-state index contributed by atoms with van der Waals surface area (Å²) in [5, 5.41) is 2.62. The van der Waals surface area contributed by atoms with E-state index in [-0.39, 0.29) is 0 Å². The Labute approximate surface area is 109 Å². The minimum Gasteiger partial charge on any atom is -0.435 e. The number of aromatic nitrogens is 2. The quantitative estimate of drug-likeness (QED) is 0.851. The number of pyridine rings is 1. The Bertz CT molecular complexity index is 677. The summed E-state index contributed by atoms with van der Waals surface area (Å²) in [6.45, 7) is 0. The number of hydrogen-bond donors (Lipinski definition) is 1. The number of allylic oxidation sites excluding steroid dienone is 5. The number of hydrogen-bond acceptors (Lipinski definition) is 4. The fraction of sp³-hybridized carbons (Fsp3) is 0.0714. The molecule has 0 bridgehead atoms. The lowest BCUT2D eigenvalue weighted by molar-refractivity contribution is -0.108. The number of fused-ring (bicyclic) bond motifs is 1. The Hall–Kier alpha value is -2.69.